The second kappa shape index (κ2) is 11.6. The molecule has 3 heterocycles. The van der Waals surface area contributed by atoms with Crippen molar-refractivity contribution in [2.75, 3.05) is 36.1 Å². The predicted molar refractivity (Wildman–Crippen MR) is 148 cm³/mol. The van der Waals surface area contributed by atoms with Crippen LogP contribution in [0.15, 0.2) is 30.3 Å². The van der Waals surface area contributed by atoms with Crippen molar-refractivity contribution in [3.8, 4) is 0 Å². The monoisotopic (exact) mass is 495 g/mol. The Labute approximate surface area is 218 Å². The highest BCUT2D eigenvalue weighted by molar-refractivity contribution is 5.94. The molecule has 2 fully saturated rings. The van der Waals surface area contributed by atoms with Crippen LogP contribution in [0.2, 0.25) is 0 Å². The van der Waals surface area contributed by atoms with E-state index in [1.54, 1.807) is 0 Å². The fraction of sp³-hybridized carbons (Fsp3) is 0.621. The van der Waals surface area contributed by atoms with Crippen LogP contribution in [0.1, 0.15) is 83.2 Å². The first-order chi connectivity index (χ1) is 17.3. The molecule has 0 bridgehead atoms. The Morgan fingerprint density at radius 3 is 2.42 bits per heavy atom. The molecule has 0 saturated carbocycles. The molecule has 7 nitrogen and oxygen atoms in total. The minimum Gasteiger partial charge on any atom is -0.378 e. The molecule has 7 heteroatoms. The van der Waals surface area contributed by atoms with Gasteiger partial charge in [0.1, 0.15) is 11.6 Å². The summed E-state index contributed by atoms with van der Waals surface area (Å²) in [5, 5.41) is 3.15. The number of aryl methyl sites for hydroxylation is 1. The zero-order valence-corrected chi connectivity index (χ0v) is 22.8. The zero-order chi connectivity index (χ0) is 25.8. The molecule has 0 radical (unpaired) electrons. The van der Waals surface area contributed by atoms with Crippen LogP contribution < -0.4 is 15.1 Å². The maximum Gasteiger partial charge on any atom is 0.251 e. The van der Waals surface area contributed by atoms with Crippen molar-refractivity contribution in [3.05, 3.63) is 47.4 Å². The largest absolute Gasteiger partial charge is 0.378 e. The normalized spacial score (nSPS) is 23.2. The zero-order valence-electron chi connectivity index (χ0n) is 22.8. The molecule has 1 amide bonds. The molecule has 2 aliphatic heterocycles. The SMILES string of the molecule is CCC1CC(C(C)C)N(c2cc([C@@H](C)NC(=O)c3ccc(N4CCOCC4)cc3)nc(C)n2)C1CC.[HH]. The second-order valence-electron chi connectivity index (χ2n) is 10.6. The van der Waals surface area contributed by atoms with Gasteiger partial charge in [0.2, 0.25) is 0 Å². The quantitative estimate of drug-likeness (QED) is 0.529. The molecule has 0 spiro atoms. The lowest BCUT2D eigenvalue weighted by Crippen LogP contribution is -2.40. The summed E-state index contributed by atoms with van der Waals surface area (Å²) in [5.41, 5.74) is 2.63. The van der Waals surface area contributed by atoms with E-state index < -0.39 is 0 Å². The van der Waals surface area contributed by atoms with E-state index in [4.69, 9.17) is 14.7 Å². The molecule has 0 aliphatic carbocycles. The third kappa shape index (κ3) is 5.66. The first-order valence-electron chi connectivity index (χ1n) is 13.7. The molecule has 1 aromatic carbocycles. The maximum atomic E-state index is 13.1. The number of aromatic nitrogens is 2. The molecule has 2 aliphatic rings. The number of nitrogens with zero attached hydrogens (tertiary/aromatic N) is 4. The number of hydrogen-bond donors (Lipinski definition) is 1. The molecule has 1 N–H and O–H groups in total. The number of ether oxygens (including phenoxy) is 1. The van der Waals surface area contributed by atoms with Crippen LogP contribution in [-0.2, 0) is 4.74 Å². The van der Waals surface area contributed by atoms with Crippen molar-refractivity contribution in [3.63, 3.8) is 0 Å². The highest BCUT2D eigenvalue weighted by Gasteiger charge is 2.41. The molecule has 36 heavy (non-hydrogen) atoms. The number of carbonyl (C=O) groups is 1. The van der Waals surface area contributed by atoms with E-state index in [9.17, 15) is 4.79 Å². The summed E-state index contributed by atoms with van der Waals surface area (Å²) in [6.07, 6.45) is 3.50. The number of nitrogens with one attached hydrogen (secondary N) is 1. The third-order valence-corrected chi connectivity index (χ3v) is 7.92. The van der Waals surface area contributed by atoms with Crippen LogP contribution in [-0.4, -0.2) is 54.3 Å². The van der Waals surface area contributed by atoms with Crippen LogP contribution in [0.5, 0.6) is 0 Å². The van der Waals surface area contributed by atoms with Gasteiger partial charge < -0.3 is 19.9 Å². The summed E-state index contributed by atoms with van der Waals surface area (Å²) >= 11 is 0. The van der Waals surface area contributed by atoms with E-state index >= 15 is 0 Å². The lowest BCUT2D eigenvalue weighted by atomic mass is 9.92. The molecule has 198 valence electrons. The first-order valence-corrected chi connectivity index (χ1v) is 13.7. The van der Waals surface area contributed by atoms with Gasteiger partial charge in [0.15, 0.2) is 0 Å². The van der Waals surface area contributed by atoms with E-state index in [1.165, 1.54) is 12.8 Å². The number of rotatable bonds is 8. The van der Waals surface area contributed by atoms with Crippen LogP contribution >= 0.6 is 0 Å². The number of amides is 1. The van der Waals surface area contributed by atoms with Gasteiger partial charge in [0.05, 0.1) is 24.9 Å². The first kappa shape index (κ1) is 26.4. The molecule has 2 saturated heterocycles. The van der Waals surface area contributed by atoms with Crippen molar-refractivity contribution in [2.24, 2.45) is 11.8 Å². The van der Waals surface area contributed by atoms with E-state index in [0.29, 0.717) is 29.5 Å². The summed E-state index contributed by atoms with van der Waals surface area (Å²) in [6, 6.07) is 10.7. The number of anilines is 2. The summed E-state index contributed by atoms with van der Waals surface area (Å²) in [5.74, 6) is 2.88. The van der Waals surface area contributed by atoms with E-state index in [-0.39, 0.29) is 13.4 Å². The average Bonchev–Trinajstić information content (AvgIpc) is 3.28. The number of carbonyl (C=O) groups excluding carboxylic acids is 1. The molecule has 4 rings (SSSR count). The van der Waals surface area contributed by atoms with Gasteiger partial charge in [-0.3, -0.25) is 4.79 Å². The van der Waals surface area contributed by atoms with Crippen LogP contribution in [0.4, 0.5) is 11.5 Å². The fourth-order valence-electron chi connectivity index (χ4n) is 5.88. The van der Waals surface area contributed by atoms with Crippen molar-refractivity contribution < 1.29 is 11.0 Å². The molecule has 2 aromatic rings. The van der Waals surface area contributed by atoms with Gasteiger partial charge in [-0.05, 0) is 62.8 Å². The molecular formula is C29H45N5O2. The van der Waals surface area contributed by atoms with Crippen molar-refractivity contribution in [2.45, 2.75) is 78.9 Å². The Hall–Kier alpha value is -2.67. The summed E-state index contributed by atoms with van der Waals surface area (Å²) in [4.78, 5) is 27.5. The highest BCUT2D eigenvalue weighted by Crippen LogP contribution is 2.40. The number of hydrogen-bond acceptors (Lipinski definition) is 6. The Balaban J connectivity index is 0.00000380. The Bertz CT molecular complexity index is 1020. The lowest BCUT2D eigenvalue weighted by molar-refractivity contribution is 0.0939. The van der Waals surface area contributed by atoms with Crippen molar-refractivity contribution in [1.82, 2.24) is 15.3 Å². The number of benzene rings is 1. The van der Waals surface area contributed by atoms with Gasteiger partial charge in [0.25, 0.3) is 5.91 Å². The fourth-order valence-corrected chi connectivity index (χ4v) is 5.88. The highest BCUT2D eigenvalue weighted by atomic mass is 16.5. The summed E-state index contributed by atoms with van der Waals surface area (Å²) in [6.45, 7) is 16.4. The molecule has 3 unspecified atom stereocenters. The van der Waals surface area contributed by atoms with Crippen LogP contribution in [0.3, 0.4) is 0 Å². The van der Waals surface area contributed by atoms with Gasteiger partial charge in [-0.15, -0.1) is 0 Å². The lowest BCUT2D eigenvalue weighted by Gasteiger charge is -2.34. The van der Waals surface area contributed by atoms with Crippen LogP contribution in [0, 0.1) is 18.8 Å². The van der Waals surface area contributed by atoms with Gasteiger partial charge in [-0.2, -0.15) is 0 Å². The molecular weight excluding hydrogens is 450 g/mol. The van der Waals surface area contributed by atoms with E-state index in [2.05, 4.69) is 48.9 Å². The van der Waals surface area contributed by atoms with Gasteiger partial charge >= 0.3 is 0 Å². The van der Waals surface area contributed by atoms with E-state index in [1.807, 2.05) is 38.1 Å². The van der Waals surface area contributed by atoms with Crippen molar-refractivity contribution >= 4 is 17.4 Å². The smallest absolute Gasteiger partial charge is 0.251 e. The third-order valence-electron chi connectivity index (χ3n) is 7.92. The molecule has 4 atom stereocenters. The van der Waals surface area contributed by atoms with Crippen molar-refractivity contribution in [1.29, 1.82) is 0 Å². The second-order valence-corrected chi connectivity index (χ2v) is 10.6. The molecule has 1 aromatic heterocycles. The standard InChI is InChI=1S/C29H43N5O2.H2/c1-7-22-17-27(19(3)4)34(26(22)8-2)28-18-25(31-21(6)32-28)20(5)30-29(35)23-9-11-24(12-10-23)33-13-15-36-16-14-33;/h9-12,18-20,22,26-27H,7-8,13-17H2,1-6H3,(H,30,35);1H/t20-,22?,26?,27?;/m1./s1. The van der Waals surface area contributed by atoms with Crippen LogP contribution in [0.25, 0.3) is 0 Å². The number of morpholine rings is 1. The van der Waals surface area contributed by atoms with Gasteiger partial charge in [-0.25, -0.2) is 9.97 Å². The minimum atomic E-state index is -0.223. The Morgan fingerprint density at radius 1 is 1.11 bits per heavy atom. The van der Waals surface area contributed by atoms with E-state index in [0.717, 1.165) is 55.7 Å². The topological polar surface area (TPSA) is 70.6 Å². The summed E-state index contributed by atoms with van der Waals surface area (Å²) < 4.78 is 5.44. The average molecular weight is 496 g/mol. The maximum absolute atomic E-state index is 13.1. The minimum absolute atomic E-state index is 0. The predicted octanol–water partition coefficient (Wildman–Crippen LogP) is 5.40. The Morgan fingerprint density at radius 2 is 1.81 bits per heavy atom. The van der Waals surface area contributed by atoms with Gasteiger partial charge in [0, 0.05) is 43.9 Å². The summed E-state index contributed by atoms with van der Waals surface area (Å²) in [7, 11) is 0. The Kier molecular flexibility index (Phi) is 8.50. The van der Waals surface area contributed by atoms with Gasteiger partial charge in [-0.1, -0.05) is 34.1 Å².